The van der Waals surface area contributed by atoms with E-state index in [1.54, 1.807) is 32.4 Å². The Morgan fingerprint density at radius 2 is 1.75 bits per heavy atom. The highest BCUT2D eigenvalue weighted by molar-refractivity contribution is 6.15. The zero-order valence-electron chi connectivity index (χ0n) is 18.9. The second-order valence-electron chi connectivity index (χ2n) is 7.85. The number of hydrogen-bond donors (Lipinski definition) is 0. The first-order valence-electron chi connectivity index (χ1n) is 10.4. The number of ketones is 1. The number of aryl methyl sites for hydroxylation is 3. The van der Waals surface area contributed by atoms with Crippen molar-refractivity contribution >= 4 is 11.9 Å². The molecule has 164 valence electrons. The first-order valence-corrected chi connectivity index (χ1v) is 10.4. The third-order valence-corrected chi connectivity index (χ3v) is 5.56. The lowest BCUT2D eigenvalue weighted by Gasteiger charge is -2.11. The summed E-state index contributed by atoms with van der Waals surface area (Å²) in [5.74, 6) is 2.37. The van der Waals surface area contributed by atoms with E-state index in [4.69, 9.17) is 18.9 Å². The number of Topliss-reactive ketones (excluding diaryl/α,β-unsaturated/α-hetero) is 1. The zero-order valence-corrected chi connectivity index (χ0v) is 18.9. The quantitative estimate of drug-likeness (QED) is 0.461. The Balaban J connectivity index is 1.61. The van der Waals surface area contributed by atoms with Gasteiger partial charge in [-0.15, -0.1) is 0 Å². The van der Waals surface area contributed by atoms with Gasteiger partial charge >= 0.3 is 0 Å². The van der Waals surface area contributed by atoms with Crippen LogP contribution in [0.2, 0.25) is 0 Å². The van der Waals surface area contributed by atoms with Gasteiger partial charge in [0, 0.05) is 11.6 Å². The molecular formula is C27H26O5. The molecule has 32 heavy (non-hydrogen) atoms. The Hall–Kier alpha value is -3.73. The lowest BCUT2D eigenvalue weighted by molar-refractivity contribution is 0.101. The molecule has 3 aromatic rings. The van der Waals surface area contributed by atoms with E-state index < -0.39 is 0 Å². The molecule has 1 heterocycles. The molecule has 0 unspecified atom stereocenters. The predicted octanol–water partition coefficient (Wildman–Crippen LogP) is 5.82. The maximum absolute atomic E-state index is 13.0. The summed E-state index contributed by atoms with van der Waals surface area (Å²) in [5.41, 5.74) is 5.56. The summed E-state index contributed by atoms with van der Waals surface area (Å²) < 4.78 is 22.8. The van der Waals surface area contributed by atoms with Crippen LogP contribution in [-0.2, 0) is 6.61 Å². The first-order chi connectivity index (χ1) is 15.4. The van der Waals surface area contributed by atoms with Gasteiger partial charge in [0.25, 0.3) is 0 Å². The number of hydrogen-bond acceptors (Lipinski definition) is 5. The number of carbonyl (C=O) groups is 1. The number of methoxy groups -OCH3 is 2. The van der Waals surface area contributed by atoms with Gasteiger partial charge in [0.15, 0.2) is 17.3 Å². The molecule has 4 rings (SSSR count). The van der Waals surface area contributed by atoms with Crippen molar-refractivity contribution in [1.29, 1.82) is 0 Å². The van der Waals surface area contributed by atoms with Gasteiger partial charge in [-0.2, -0.15) is 0 Å². The number of carbonyl (C=O) groups excluding carboxylic acids is 1. The van der Waals surface area contributed by atoms with Gasteiger partial charge in [-0.3, -0.25) is 4.79 Å². The van der Waals surface area contributed by atoms with Crippen LogP contribution in [0.1, 0.15) is 38.2 Å². The van der Waals surface area contributed by atoms with Gasteiger partial charge in [0.05, 0.1) is 19.8 Å². The predicted molar refractivity (Wildman–Crippen MR) is 124 cm³/mol. The van der Waals surface area contributed by atoms with Crippen molar-refractivity contribution in [3.8, 4) is 23.0 Å². The summed E-state index contributed by atoms with van der Waals surface area (Å²) in [6, 6.07) is 15.4. The van der Waals surface area contributed by atoms with Gasteiger partial charge in [0.2, 0.25) is 5.78 Å². The van der Waals surface area contributed by atoms with E-state index in [1.165, 1.54) is 11.1 Å². The lowest BCUT2D eigenvalue weighted by atomic mass is 10.0. The zero-order chi connectivity index (χ0) is 22.8. The van der Waals surface area contributed by atoms with Gasteiger partial charge < -0.3 is 18.9 Å². The maximum Gasteiger partial charge on any atom is 0.232 e. The molecule has 3 aromatic carbocycles. The van der Waals surface area contributed by atoms with Gasteiger partial charge in [-0.05, 0) is 55.7 Å². The van der Waals surface area contributed by atoms with Crippen LogP contribution in [-0.4, -0.2) is 20.0 Å². The standard InChI is InChI=1S/C27H26O5/c1-16-9-10-17(2)20(11-16)15-31-21-12-18(3)25-23(14-21)32-24(26(25)28)13-19-7-6-8-22(29-4)27(19)30-5/h6-14H,15H2,1-5H3/b24-13-. The number of para-hydroxylation sites is 1. The first kappa shape index (κ1) is 21.5. The third-order valence-electron chi connectivity index (χ3n) is 5.56. The van der Waals surface area contributed by atoms with Crippen molar-refractivity contribution in [3.05, 3.63) is 87.7 Å². The van der Waals surface area contributed by atoms with Crippen LogP contribution in [0.4, 0.5) is 0 Å². The number of fused-ring (bicyclic) bond motifs is 1. The van der Waals surface area contributed by atoms with Crippen molar-refractivity contribution in [2.45, 2.75) is 27.4 Å². The summed E-state index contributed by atoms with van der Waals surface area (Å²) in [5, 5.41) is 0. The molecule has 0 radical (unpaired) electrons. The SMILES string of the molecule is COc1cccc(/C=C2\Oc3cc(OCc4cc(C)ccc4C)cc(C)c3C2=O)c1OC. The van der Waals surface area contributed by atoms with Crippen LogP contribution in [0.3, 0.4) is 0 Å². The van der Waals surface area contributed by atoms with Crippen molar-refractivity contribution in [2.75, 3.05) is 14.2 Å². The second kappa shape index (κ2) is 8.79. The van der Waals surface area contributed by atoms with E-state index in [9.17, 15) is 4.79 Å². The number of benzene rings is 3. The van der Waals surface area contributed by atoms with Crippen LogP contribution >= 0.6 is 0 Å². The molecule has 0 aromatic heterocycles. The number of allylic oxidation sites excluding steroid dienone is 1. The Bertz CT molecular complexity index is 1220. The minimum atomic E-state index is -0.163. The minimum Gasteiger partial charge on any atom is -0.493 e. The van der Waals surface area contributed by atoms with Crippen LogP contribution in [0.5, 0.6) is 23.0 Å². The van der Waals surface area contributed by atoms with E-state index in [1.807, 2.05) is 25.1 Å². The van der Waals surface area contributed by atoms with Gasteiger partial charge in [-0.1, -0.05) is 35.9 Å². The van der Waals surface area contributed by atoms with E-state index in [2.05, 4.69) is 32.0 Å². The van der Waals surface area contributed by atoms with Gasteiger partial charge in [0.1, 0.15) is 18.1 Å². The van der Waals surface area contributed by atoms with E-state index in [0.29, 0.717) is 40.7 Å². The summed E-state index contributed by atoms with van der Waals surface area (Å²) >= 11 is 0. The average molecular weight is 431 g/mol. The molecule has 0 bridgehead atoms. The summed E-state index contributed by atoms with van der Waals surface area (Å²) in [6.07, 6.45) is 1.68. The molecule has 0 amide bonds. The molecule has 0 atom stereocenters. The Morgan fingerprint density at radius 1 is 0.938 bits per heavy atom. The smallest absolute Gasteiger partial charge is 0.232 e. The molecule has 0 spiro atoms. The normalized spacial score (nSPS) is 13.7. The Labute approximate surface area is 188 Å². The van der Waals surface area contributed by atoms with Crippen LogP contribution in [0.25, 0.3) is 6.08 Å². The largest absolute Gasteiger partial charge is 0.493 e. The molecule has 1 aliphatic rings. The topological polar surface area (TPSA) is 54.0 Å². The van der Waals surface area contributed by atoms with Crippen LogP contribution in [0, 0.1) is 20.8 Å². The summed E-state index contributed by atoms with van der Waals surface area (Å²) in [4.78, 5) is 13.0. The molecule has 0 saturated carbocycles. The fourth-order valence-electron chi connectivity index (χ4n) is 3.84. The highest BCUT2D eigenvalue weighted by Crippen LogP contribution is 2.39. The molecule has 0 aliphatic carbocycles. The Morgan fingerprint density at radius 3 is 2.50 bits per heavy atom. The van der Waals surface area contributed by atoms with Crippen molar-refractivity contribution in [1.82, 2.24) is 0 Å². The number of ether oxygens (including phenoxy) is 4. The molecule has 5 nitrogen and oxygen atoms in total. The van der Waals surface area contributed by atoms with E-state index in [0.717, 1.165) is 11.1 Å². The van der Waals surface area contributed by atoms with E-state index >= 15 is 0 Å². The maximum atomic E-state index is 13.0. The molecule has 5 heteroatoms. The molecular weight excluding hydrogens is 404 g/mol. The fraction of sp³-hybridized carbons (Fsp3) is 0.222. The second-order valence-corrected chi connectivity index (χ2v) is 7.85. The molecule has 0 saturated heterocycles. The van der Waals surface area contributed by atoms with Crippen molar-refractivity contribution in [3.63, 3.8) is 0 Å². The number of rotatable bonds is 6. The highest BCUT2D eigenvalue weighted by atomic mass is 16.5. The minimum absolute atomic E-state index is 0.163. The monoisotopic (exact) mass is 430 g/mol. The molecule has 0 N–H and O–H groups in total. The van der Waals surface area contributed by atoms with Crippen LogP contribution in [0.15, 0.2) is 54.3 Å². The third kappa shape index (κ3) is 4.06. The summed E-state index contributed by atoms with van der Waals surface area (Å²) in [7, 11) is 3.14. The fourth-order valence-corrected chi connectivity index (χ4v) is 3.84. The van der Waals surface area contributed by atoms with Gasteiger partial charge in [-0.25, -0.2) is 0 Å². The molecule has 1 aliphatic heterocycles. The lowest BCUT2D eigenvalue weighted by Crippen LogP contribution is -2.01. The van der Waals surface area contributed by atoms with E-state index in [-0.39, 0.29) is 11.5 Å². The average Bonchev–Trinajstić information content (AvgIpc) is 3.09. The van der Waals surface area contributed by atoms with Crippen molar-refractivity contribution in [2.24, 2.45) is 0 Å². The Kier molecular flexibility index (Phi) is 5.91. The summed E-state index contributed by atoms with van der Waals surface area (Å²) in [6.45, 7) is 6.47. The van der Waals surface area contributed by atoms with Crippen molar-refractivity contribution < 1.29 is 23.7 Å². The molecule has 0 fully saturated rings. The van der Waals surface area contributed by atoms with Crippen LogP contribution < -0.4 is 18.9 Å². The highest BCUT2D eigenvalue weighted by Gasteiger charge is 2.30.